The lowest BCUT2D eigenvalue weighted by Gasteiger charge is -2.50. The molecule has 200 valence electrons. The third-order valence-electron chi connectivity index (χ3n) is 7.09. The largest absolute Gasteiger partial charge is 0.469 e. The highest BCUT2D eigenvalue weighted by atomic mass is 35.5. The lowest BCUT2D eigenvalue weighted by Crippen LogP contribution is -2.65. The number of anilines is 1. The molecule has 1 fully saturated rings. The summed E-state index contributed by atoms with van der Waals surface area (Å²) in [6.07, 6.45) is 0.562. The Labute approximate surface area is 222 Å². The Morgan fingerprint density at radius 1 is 1.19 bits per heavy atom. The van der Waals surface area contributed by atoms with Gasteiger partial charge in [0.2, 0.25) is 5.91 Å². The highest BCUT2D eigenvalue weighted by Crippen LogP contribution is 2.41. The van der Waals surface area contributed by atoms with E-state index in [0.717, 1.165) is 17.2 Å². The van der Waals surface area contributed by atoms with Gasteiger partial charge in [-0.05, 0) is 56.0 Å². The highest BCUT2D eigenvalue weighted by molar-refractivity contribution is 6.31. The van der Waals surface area contributed by atoms with Crippen molar-refractivity contribution in [2.24, 2.45) is 5.41 Å². The van der Waals surface area contributed by atoms with Gasteiger partial charge in [0.1, 0.15) is 5.82 Å². The lowest BCUT2D eigenvalue weighted by molar-refractivity contribution is -0.151. The molecular weight excluding hydrogens is 497 g/mol. The number of amides is 2. The van der Waals surface area contributed by atoms with Crippen molar-refractivity contribution < 1.29 is 23.5 Å². The summed E-state index contributed by atoms with van der Waals surface area (Å²) >= 11 is 5.92. The van der Waals surface area contributed by atoms with Gasteiger partial charge in [0, 0.05) is 20.1 Å². The van der Waals surface area contributed by atoms with Crippen molar-refractivity contribution in [2.75, 3.05) is 39.1 Å². The first kappa shape index (κ1) is 28.6. The quantitative estimate of drug-likeness (QED) is 0.456. The monoisotopic (exact) mass is 531 g/mol. The van der Waals surface area contributed by atoms with E-state index in [4.69, 9.17) is 16.3 Å². The first-order chi connectivity index (χ1) is 17.4. The van der Waals surface area contributed by atoms with E-state index in [1.807, 2.05) is 38.1 Å². The molecular formula is C28H35ClFN3O4. The van der Waals surface area contributed by atoms with E-state index in [2.05, 4.69) is 29.4 Å². The molecule has 1 aliphatic rings. The van der Waals surface area contributed by atoms with Crippen LogP contribution in [0.25, 0.3) is 0 Å². The molecule has 1 heterocycles. The van der Waals surface area contributed by atoms with Crippen LogP contribution in [0.4, 0.5) is 10.1 Å². The van der Waals surface area contributed by atoms with Crippen LogP contribution in [0.15, 0.2) is 36.4 Å². The molecule has 2 aromatic carbocycles. The summed E-state index contributed by atoms with van der Waals surface area (Å²) in [5, 5.41) is 5.11. The van der Waals surface area contributed by atoms with Crippen molar-refractivity contribution in [1.29, 1.82) is 0 Å². The van der Waals surface area contributed by atoms with Gasteiger partial charge in [-0.15, -0.1) is 0 Å². The molecule has 0 saturated carbocycles. The smallest absolute Gasteiger partial charge is 0.311 e. The predicted octanol–water partition coefficient (Wildman–Crippen LogP) is 4.74. The van der Waals surface area contributed by atoms with E-state index in [0.29, 0.717) is 26.1 Å². The number of rotatable bonds is 9. The molecule has 3 rings (SSSR count). The normalized spacial score (nSPS) is 15.2. The van der Waals surface area contributed by atoms with Crippen molar-refractivity contribution >= 4 is 35.1 Å². The molecule has 1 aliphatic heterocycles. The Balaban J connectivity index is 1.95. The number of nitrogens with one attached hydrogen (secondary N) is 2. The molecule has 1 saturated heterocycles. The maximum absolute atomic E-state index is 14.4. The second kappa shape index (κ2) is 11.2. The molecule has 2 amide bonds. The molecule has 0 unspecified atom stereocenters. The van der Waals surface area contributed by atoms with Crippen molar-refractivity contribution in [3.63, 3.8) is 0 Å². The minimum Gasteiger partial charge on any atom is -0.469 e. The molecule has 7 nitrogen and oxygen atoms in total. The number of carbonyl (C=O) groups excluding carboxylic acids is 3. The van der Waals surface area contributed by atoms with Crippen molar-refractivity contribution in [2.45, 2.75) is 45.4 Å². The molecule has 0 aromatic heterocycles. The summed E-state index contributed by atoms with van der Waals surface area (Å²) in [5.41, 5.74) is 0.479. The fourth-order valence-electron chi connectivity index (χ4n) is 4.78. The number of methoxy groups -OCH3 is 1. The highest BCUT2D eigenvalue weighted by Gasteiger charge is 2.52. The molecule has 9 heteroatoms. The Kier molecular flexibility index (Phi) is 8.65. The number of benzene rings is 2. The van der Waals surface area contributed by atoms with Gasteiger partial charge < -0.3 is 20.3 Å². The van der Waals surface area contributed by atoms with Gasteiger partial charge in [-0.3, -0.25) is 14.4 Å². The summed E-state index contributed by atoms with van der Waals surface area (Å²) in [5.74, 6) is -1.68. The summed E-state index contributed by atoms with van der Waals surface area (Å²) in [7, 11) is 2.82. The van der Waals surface area contributed by atoms with Crippen LogP contribution in [0.2, 0.25) is 5.02 Å². The van der Waals surface area contributed by atoms with Gasteiger partial charge >= 0.3 is 5.97 Å². The minimum absolute atomic E-state index is 0.0536. The lowest BCUT2D eigenvalue weighted by atomic mass is 9.69. The zero-order valence-corrected chi connectivity index (χ0v) is 23.0. The molecule has 0 spiro atoms. The SMILES string of the molecule is CNC(=O)c1cc(Cl)c(F)cc1NC(=O)C1(c2ccccc2C(C)C)CN(CCC(C)(C)C(=O)OC)C1. The third-order valence-corrected chi connectivity index (χ3v) is 7.38. The van der Waals surface area contributed by atoms with Crippen LogP contribution >= 0.6 is 11.6 Å². The molecule has 0 aliphatic carbocycles. The predicted molar refractivity (Wildman–Crippen MR) is 142 cm³/mol. The van der Waals surface area contributed by atoms with Crippen molar-refractivity contribution in [3.05, 3.63) is 63.9 Å². The number of hydrogen-bond acceptors (Lipinski definition) is 5. The Hall–Kier alpha value is -2.97. The number of likely N-dealkylation sites (tertiary alicyclic amines) is 1. The zero-order chi connectivity index (χ0) is 27.5. The maximum Gasteiger partial charge on any atom is 0.311 e. The van der Waals surface area contributed by atoms with Crippen molar-refractivity contribution in [1.82, 2.24) is 10.2 Å². The Bertz CT molecular complexity index is 1190. The first-order valence-electron chi connectivity index (χ1n) is 12.3. The Morgan fingerprint density at radius 3 is 2.43 bits per heavy atom. The van der Waals surface area contributed by atoms with Crippen LogP contribution in [0.3, 0.4) is 0 Å². The second-order valence-corrected chi connectivity index (χ2v) is 10.9. The second-order valence-electron chi connectivity index (χ2n) is 10.5. The maximum atomic E-state index is 14.4. The van der Waals surface area contributed by atoms with E-state index < -0.39 is 22.6 Å². The van der Waals surface area contributed by atoms with Gasteiger partial charge in [0.25, 0.3) is 5.91 Å². The van der Waals surface area contributed by atoms with E-state index in [1.54, 1.807) is 0 Å². The van der Waals surface area contributed by atoms with Crippen LogP contribution < -0.4 is 10.6 Å². The van der Waals surface area contributed by atoms with E-state index >= 15 is 0 Å². The third kappa shape index (κ3) is 5.80. The van der Waals surface area contributed by atoms with E-state index in [-0.39, 0.29) is 34.1 Å². The number of esters is 1. The molecule has 2 aromatic rings. The van der Waals surface area contributed by atoms with E-state index in [1.165, 1.54) is 20.2 Å². The average Bonchev–Trinajstić information content (AvgIpc) is 2.84. The zero-order valence-electron chi connectivity index (χ0n) is 22.2. The van der Waals surface area contributed by atoms with Gasteiger partial charge in [-0.1, -0.05) is 49.7 Å². The standard InChI is InChI=1S/C28H35ClFN3O4/c1-17(2)18-9-7-8-10-20(18)28(15-33(16-28)12-11-27(3,4)26(36)37-6)25(35)32-23-14-22(30)21(29)13-19(23)24(34)31-5/h7-10,13-14,17H,11-12,15-16H2,1-6H3,(H,31,34)(H,32,35). The molecule has 2 N–H and O–H groups in total. The fraction of sp³-hybridized carbons (Fsp3) is 0.464. The number of hydrogen-bond donors (Lipinski definition) is 2. The minimum atomic E-state index is -0.924. The molecule has 0 radical (unpaired) electrons. The van der Waals surface area contributed by atoms with Gasteiger partial charge in [0.05, 0.1) is 34.2 Å². The summed E-state index contributed by atoms with van der Waals surface area (Å²) in [6, 6.07) is 10.1. The van der Waals surface area contributed by atoms with Crippen LogP contribution in [0.1, 0.15) is 61.5 Å². The molecule has 0 bridgehead atoms. The summed E-state index contributed by atoms with van der Waals surface area (Å²) < 4.78 is 19.3. The molecule has 37 heavy (non-hydrogen) atoms. The van der Waals surface area contributed by atoms with E-state index in [9.17, 15) is 18.8 Å². The number of ether oxygens (including phenoxy) is 1. The number of carbonyl (C=O) groups is 3. The first-order valence-corrected chi connectivity index (χ1v) is 12.7. The Morgan fingerprint density at radius 2 is 1.84 bits per heavy atom. The van der Waals surface area contributed by atoms with Crippen molar-refractivity contribution in [3.8, 4) is 0 Å². The summed E-state index contributed by atoms with van der Waals surface area (Å²) in [4.78, 5) is 40.6. The van der Waals surface area contributed by atoms with Crippen LogP contribution in [0, 0.1) is 11.2 Å². The fourth-order valence-corrected chi connectivity index (χ4v) is 4.94. The van der Waals surface area contributed by atoms with Gasteiger partial charge in [-0.2, -0.15) is 0 Å². The molecule has 0 atom stereocenters. The van der Waals surface area contributed by atoms with Gasteiger partial charge in [-0.25, -0.2) is 4.39 Å². The van der Waals surface area contributed by atoms with Crippen LogP contribution in [-0.2, 0) is 19.7 Å². The summed E-state index contributed by atoms with van der Waals surface area (Å²) in [6.45, 7) is 9.22. The number of halogens is 2. The number of nitrogens with zero attached hydrogens (tertiary/aromatic N) is 1. The van der Waals surface area contributed by atoms with Crippen LogP contribution in [-0.4, -0.2) is 56.5 Å². The average molecular weight is 532 g/mol. The van der Waals surface area contributed by atoms with Crippen LogP contribution in [0.5, 0.6) is 0 Å². The topological polar surface area (TPSA) is 87.7 Å². The van der Waals surface area contributed by atoms with Gasteiger partial charge in [0.15, 0.2) is 0 Å².